The number of aromatic nitrogens is 2. The molecule has 1 saturated heterocycles. The smallest absolute Gasteiger partial charge is 0.274 e. The molecule has 0 atom stereocenters. The molecule has 2 heterocycles. The van der Waals surface area contributed by atoms with E-state index in [1.807, 2.05) is 0 Å². The third-order valence-electron chi connectivity index (χ3n) is 3.69. The van der Waals surface area contributed by atoms with E-state index < -0.39 is 5.54 Å². The monoisotopic (exact) mass is 279 g/mol. The van der Waals surface area contributed by atoms with Crippen molar-refractivity contribution in [2.75, 3.05) is 26.7 Å². The summed E-state index contributed by atoms with van der Waals surface area (Å²) in [7, 11) is 1.75. The molecule has 0 aliphatic carbocycles. The van der Waals surface area contributed by atoms with E-state index >= 15 is 0 Å². The lowest BCUT2D eigenvalue weighted by molar-refractivity contribution is -0.144. The number of hydrogen-bond donors (Lipinski definition) is 1. The highest BCUT2D eigenvalue weighted by Crippen LogP contribution is 2.23. The van der Waals surface area contributed by atoms with Crippen LogP contribution in [-0.4, -0.2) is 63.4 Å². The Morgan fingerprint density at radius 2 is 2.15 bits per heavy atom. The highest BCUT2D eigenvalue weighted by molar-refractivity contribution is 5.98. The average molecular weight is 279 g/mol. The van der Waals surface area contributed by atoms with Gasteiger partial charge in [-0.3, -0.25) is 9.59 Å². The van der Waals surface area contributed by atoms with Gasteiger partial charge in [0.25, 0.3) is 5.91 Å². The van der Waals surface area contributed by atoms with Crippen LogP contribution in [0.15, 0.2) is 12.5 Å². The van der Waals surface area contributed by atoms with E-state index in [4.69, 9.17) is 5.73 Å². The Hall–Kier alpha value is -1.89. The Balaban J connectivity index is 2.21. The lowest BCUT2D eigenvalue weighted by atomic mass is 9.97. The third-order valence-corrected chi connectivity index (χ3v) is 3.69. The molecule has 1 aromatic heterocycles. The van der Waals surface area contributed by atoms with Crippen molar-refractivity contribution < 1.29 is 9.59 Å². The molecule has 0 saturated carbocycles. The van der Waals surface area contributed by atoms with Crippen molar-refractivity contribution in [3.63, 3.8) is 0 Å². The van der Waals surface area contributed by atoms with Gasteiger partial charge >= 0.3 is 0 Å². The second-order valence-electron chi connectivity index (χ2n) is 5.53. The number of likely N-dealkylation sites (N-methyl/N-ethyl adjacent to an activating group) is 1. The molecule has 1 aromatic rings. The maximum atomic E-state index is 12.5. The number of rotatable bonds is 3. The fourth-order valence-corrected chi connectivity index (χ4v) is 2.45. The molecular formula is C13H21N5O2. The van der Waals surface area contributed by atoms with Gasteiger partial charge in [-0.25, -0.2) is 4.98 Å². The van der Waals surface area contributed by atoms with Crippen LogP contribution in [0.5, 0.6) is 0 Å². The molecule has 0 unspecified atom stereocenters. The van der Waals surface area contributed by atoms with Crippen molar-refractivity contribution in [1.29, 1.82) is 0 Å². The molecule has 2 amide bonds. The largest absolute Gasteiger partial charge is 0.342 e. The van der Waals surface area contributed by atoms with Gasteiger partial charge in [0, 0.05) is 39.4 Å². The van der Waals surface area contributed by atoms with Gasteiger partial charge in [0.15, 0.2) is 0 Å². The number of nitrogens with zero attached hydrogens (tertiary/aromatic N) is 4. The van der Waals surface area contributed by atoms with Gasteiger partial charge in [-0.1, -0.05) is 0 Å². The zero-order chi connectivity index (χ0) is 14.9. The third kappa shape index (κ3) is 2.40. The Morgan fingerprint density at radius 3 is 2.80 bits per heavy atom. The normalized spacial score (nSPS) is 18.5. The van der Waals surface area contributed by atoms with Gasteiger partial charge in [0.05, 0.1) is 6.33 Å². The molecule has 0 aromatic carbocycles. The van der Waals surface area contributed by atoms with Crippen LogP contribution in [-0.2, 0) is 11.3 Å². The van der Waals surface area contributed by atoms with E-state index in [-0.39, 0.29) is 11.8 Å². The van der Waals surface area contributed by atoms with Crippen molar-refractivity contribution in [2.24, 2.45) is 5.73 Å². The first-order valence-electron chi connectivity index (χ1n) is 6.67. The second kappa shape index (κ2) is 5.24. The van der Waals surface area contributed by atoms with Gasteiger partial charge in [-0.05, 0) is 13.8 Å². The molecule has 110 valence electrons. The van der Waals surface area contributed by atoms with E-state index in [0.717, 1.165) is 0 Å². The SMILES string of the molecule is CN1CCN(C(=O)c2cn(CCN)cn2)C(C)(C)C1=O. The van der Waals surface area contributed by atoms with Crippen molar-refractivity contribution in [1.82, 2.24) is 19.4 Å². The molecular weight excluding hydrogens is 258 g/mol. The summed E-state index contributed by atoms with van der Waals surface area (Å²) in [4.78, 5) is 32.1. The van der Waals surface area contributed by atoms with Crippen LogP contribution in [0, 0.1) is 0 Å². The zero-order valence-electron chi connectivity index (χ0n) is 12.2. The first kappa shape index (κ1) is 14.5. The second-order valence-corrected chi connectivity index (χ2v) is 5.53. The number of hydrogen-bond acceptors (Lipinski definition) is 4. The predicted octanol–water partition coefficient (Wildman–Crippen LogP) is -0.465. The molecule has 2 N–H and O–H groups in total. The van der Waals surface area contributed by atoms with Crippen molar-refractivity contribution in [3.8, 4) is 0 Å². The Labute approximate surface area is 118 Å². The first-order chi connectivity index (χ1) is 9.37. The molecule has 1 fully saturated rings. The number of piperazine rings is 1. The van der Waals surface area contributed by atoms with Crippen LogP contribution in [0.4, 0.5) is 0 Å². The minimum absolute atomic E-state index is 0.0570. The van der Waals surface area contributed by atoms with Crippen molar-refractivity contribution >= 4 is 11.8 Å². The van der Waals surface area contributed by atoms with Crippen LogP contribution in [0.2, 0.25) is 0 Å². The van der Waals surface area contributed by atoms with Gasteiger partial charge in [-0.2, -0.15) is 0 Å². The molecule has 0 spiro atoms. The fraction of sp³-hybridized carbons (Fsp3) is 0.615. The van der Waals surface area contributed by atoms with Crippen molar-refractivity contribution in [2.45, 2.75) is 25.9 Å². The first-order valence-corrected chi connectivity index (χ1v) is 6.67. The fourth-order valence-electron chi connectivity index (χ4n) is 2.45. The standard InChI is InChI=1S/C13H21N5O2/c1-13(2)12(20)16(3)6-7-18(13)11(19)10-8-17(5-4-14)9-15-10/h8-9H,4-7,14H2,1-3H3. The lowest BCUT2D eigenvalue weighted by Gasteiger charge is -2.44. The molecule has 2 rings (SSSR count). The van der Waals surface area contributed by atoms with Gasteiger partial charge in [0.1, 0.15) is 11.2 Å². The Morgan fingerprint density at radius 1 is 1.45 bits per heavy atom. The molecule has 1 aliphatic rings. The predicted molar refractivity (Wildman–Crippen MR) is 74.0 cm³/mol. The van der Waals surface area contributed by atoms with E-state index in [9.17, 15) is 9.59 Å². The minimum atomic E-state index is -0.846. The van der Waals surface area contributed by atoms with Gasteiger partial charge in [0.2, 0.25) is 5.91 Å². The topological polar surface area (TPSA) is 84.5 Å². The summed E-state index contributed by atoms with van der Waals surface area (Å²) in [5.41, 5.74) is 4.98. The summed E-state index contributed by atoms with van der Waals surface area (Å²) in [6.45, 7) is 5.68. The maximum absolute atomic E-state index is 12.5. The van der Waals surface area contributed by atoms with Gasteiger partial charge < -0.3 is 20.1 Å². The molecule has 7 nitrogen and oxygen atoms in total. The van der Waals surface area contributed by atoms with Gasteiger partial charge in [-0.15, -0.1) is 0 Å². The lowest BCUT2D eigenvalue weighted by Crippen LogP contribution is -2.63. The van der Waals surface area contributed by atoms with Crippen LogP contribution in [0.1, 0.15) is 24.3 Å². The maximum Gasteiger partial charge on any atom is 0.274 e. The number of imidazole rings is 1. The number of nitrogens with two attached hydrogens (primary N) is 1. The molecule has 0 bridgehead atoms. The summed E-state index contributed by atoms with van der Waals surface area (Å²) in [6.07, 6.45) is 3.26. The quantitative estimate of drug-likeness (QED) is 0.811. The van der Waals surface area contributed by atoms with Crippen LogP contribution >= 0.6 is 0 Å². The zero-order valence-corrected chi connectivity index (χ0v) is 12.2. The minimum Gasteiger partial charge on any atom is -0.342 e. The van der Waals surface area contributed by atoms with Crippen LogP contribution in [0.3, 0.4) is 0 Å². The van der Waals surface area contributed by atoms with Crippen LogP contribution < -0.4 is 5.73 Å². The number of amides is 2. The molecule has 20 heavy (non-hydrogen) atoms. The molecule has 0 radical (unpaired) electrons. The molecule has 7 heteroatoms. The van der Waals surface area contributed by atoms with E-state index in [1.54, 1.807) is 47.8 Å². The van der Waals surface area contributed by atoms with Crippen LogP contribution in [0.25, 0.3) is 0 Å². The summed E-state index contributed by atoms with van der Waals surface area (Å²) >= 11 is 0. The number of carbonyl (C=O) groups excluding carboxylic acids is 2. The average Bonchev–Trinajstić information content (AvgIpc) is 2.85. The van der Waals surface area contributed by atoms with E-state index in [1.165, 1.54) is 0 Å². The number of carbonyl (C=O) groups is 2. The molecule has 1 aliphatic heterocycles. The summed E-state index contributed by atoms with van der Waals surface area (Å²) in [6, 6.07) is 0. The Kier molecular flexibility index (Phi) is 3.80. The highest BCUT2D eigenvalue weighted by atomic mass is 16.2. The highest BCUT2D eigenvalue weighted by Gasteiger charge is 2.43. The Bertz CT molecular complexity index is 523. The van der Waals surface area contributed by atoms with Crippen molar-refractivity contribution in [3.05, 3.63) is 18.2 Å². The summed E-state index contributed by atoms with van der Waals surface area (Å²) in [5, 5.41) is 0. The summed E-state index contributed by atoms with van der Waals surface area (Å²) in [5.74, 6) is -0.272. The van der Waals surface area contributed by atoms with E-state index in [2.05, 4.69) is 4.98 Å². The summed E-state index contributed by atoms with van der Waals surface area (Å²) < 4.78 is 1.78. The van der Waals surface area contributed by atoms with E-state index in [0.29, 0.717) is 31.9 Å².